The van der Waals surface area contributed by atoms with Crippen molar-refractivity contribution in [2.75, 3.05) is 0 Å². The van der Waals surface area contributed by atoms with Gasteiger partial charge in [0, 0.05) is 24.1 Å². The number of hydrogen-bond acceptors (Lipinski definition) is 2. The fraction of sp³-hybridized carbons (Fsp3) is 0.625. The third kappa shape index (κ3) is 2.04. The van der Waals surface area contributed by atoms with Gasteiger partial charge in [0.25, 0.3) is 0 Å². The molecule has 1 aliphatic carbocycles. The van der Waals surface area contributed by atoms with Gasteiger partial charge in [-0.15, -0.1) is 0 Å². The fourth-order valence-corrected chi connectivity index (χ4v) is 3.80. The summed E-state index contributed by atoms with van der Waals surface area (Å²) >= 11 is 0. The molecule has 0 saturated heterocycles. The monoisotopic (exact) mass is 263 g/mol. The first kappa shape index (κ1) is 12.9. The maximum absolute atomic E-state index is 13.4. The minimum atomic E-state index is -0.250. The van der Waals surface area contributed by atoms with Crippen LogP contribution in [0.1, 0.15) is 51.1 Å². The highest BCUT2D eigenvalue weighted by Gasteiger charge is 2.47. The summed E-state index contributed by atoms with van der Waals surface area (Å²) in [7, 11) is 0. The number of fused-ring (bicyclic) bond motifs is 1. The minimum Gasteiger partial charge on any atom is -0.486 e. The summed E-state index contributed by atoms with van der Waals surface area (Å²) in [5, 5.41) is 0. The van der Waals surface area contributed by atoms with Gasteiger partial charge >= 0.3 is 0 Å². The highest BCUT2D eigenvalue weighted by atomic mass is 19.1. The number of nitrogens with two attached hydrogens (primary N) is 1. The molecular formula is C16H22FNO. The van der Waals surface area contributed by atoms with Crippen molar-refractivity contribution < 1.29 is 9.13 Å². The van der Waals surface area contributed by atoms with E-state index < -0.39 is 0 Å². The van der Waals surface area contributed by atoms with E-state index in [9.17, 15) is 4.39 Å². The Bertz CT molecular complexity index is 490. The summed E-state index contributed by atoms with van der Waals surface area (Å²) in [4.78, 5) is 0. The van der Waals surface area contributed by atoms with E-state index in [0.29, 0.717) is 17.6 Å². The van der Waals surface area contributed by atoms with E-state index in [2.05, 4.69) is 13.8 Å². The summed E-state index contributed by atoms with van der Waals surface area (Å²) in [6, 6.07) is 4.67. The maximum Gasteiger partial charge on any atom is 0.127 e. The van der Waals surface area contributed by atoms with Crippen molar-refractivity contribution in [2.45, 2.75) is 51.2 Å². The Hall–Kier alpha value is -1.09. The molecule has 1 aromatic carbocycles. The summed E-state index contributed by atoms with van der Waals surface area (Å²) in [5.41, 5.74) is 7.05. The average Bonchev–Trinajstić information content (AvgIpc) is 2.35. The molecule has 4 atom stereocenters. The summed E-state index contributed by atoms with van der Waals surface area (Å²) < 4.78 is 19.7. The van der Waals surface area contributed by atoms with Crippen LogP contribution in [0.15, 0.2) is 18.2 Å². The van der Waals surface area contributed by atoms with Crippen LogP contribution in [0.25, 0.3) is 0 Å². The molecule has 19 heavy (non-hydrogen) atoms. The molecule has 3 rings (SSSR count). The van der Waals surface area contributed by atoms with E-state index in [1.165, 1.54) is 25.0 Å². The Labute approximate surface area is 114 Å². The lowest BCUT2D eigenvalue weighted by molar-refractivity contribution is -0.0616. The van der Waals surface area contributed by atoms with Crippen molar-refractivity contribution in [2.24, 2.45) is 17.6 Å². The third-order valence-corrected chi connectivity index (χ3v) is 5.20. The second-order valence-electron chi connectivity index (χ2n) is 6.32. The maximum atomic E-state index is 13.4. The molecule has 0 radical (unpaired) electrons. The summed E-state index contributed by atoms with van der Waals surface area (Å²) in [6.07, 6.45) is 4.29. The molecule has 0 aromatic heterocycles. The van der Waals surface area contributed by atoms with Crippen LogP contribution in [-0.2, 0) is 0 Å². The van der Waals surface area contributed by atoms with Crippen LogP contribution in [0.5, 0.6) is 5.75 Å². The van der Waals surface area contributed by atoms with Gasteiger partial charge in [-0.05, 0) is 30.7 Å². The van der Waals surface area contributed by atoms with E-state index in [1.54, 1.807) is 6.07 Å². The standard InChI is InChI=1S/C16H22FNO/c1-10-4-3-7-16(11(10)2)9-14(18)13-6-5-12(17)8-15(13)19-16/h5-6,8,10-11,14H,3-4,7,9,18H2,1-2H3/t10?,11?,14-,16?/m0/s1. The number of benzene rings is 1. The highest BCUT2D eigenvalue weighted by Crippen LogP contribution is 2.49. The van der Waals surface area contributed by atoms with Gasteiger partial charge in [0.2, 0.25) is 0 Å². The van der Waals surface area contributed by atoms with Gasteiger partial charge in [0.1, 0.15) is 17.2 Å². The Morgan fingerprint density at radius 1 is 1.37 bits per heavy atom. The Morgan fingerprint density at radius 2 is 2.16 bits per heavy atom. The predicted molar refractivity (Wildman–Crippen MR) is 73.5 cm³/mol. The fourth-order valence-electron chi connectivity index (χ4n) is 3.80. The van der Waals surface area contributed by atoms with Crippen molar-refractivity contribution >= 4 is 0 Å². The van der Waals surface area contributed by atoms with Crippen molar-refractivity contribution in [3.63, 3.8) is 0 Å². The van der Waals surface area contributed by atoms with Gasteiger partial charge in [-0.2, -0.15) is 0 Å². The minimum absolute atomic E-state index is 0.0444. The molecule has 1 spiro atoms. The lowest BCUT2D eigenvalue weighted by Gasteiger charge is -2.49. The second kappa shape index (κ2) is 4.48. The molecule has 0 bridgehead atoms. The predicted octanol–water partition coefficient (Wildman–Crippen LogP) is 3.80. The molecule has 1 aliphatic heterocycles. The zero-order valence-electron chi connectivity index (χ0n) is 11.7. The SMILES string of the molecule is CC1CCCC2(C[C@H](N)c3ccc(F)cc3O2)C1C. The van der Waals surface area contributed by atoms with Crippen LogP contribution in [-0.4, -0.2) is 5.60 Å². The van der Waals surface area contributed by atoms with Crippen molar-refractivity contribution in [3.05, 3.63) is 29.6 Å². The first-order valence-electron chi connectivity index (χ1n) is 7.26. The van der Waals surface area contributed by atoms with E-state index in [4.69, 9.17) is 10.5 Å². The molecule has 1 fully saturated rings. The van der Waals surface area contributed by atoms with E-state index in [0.717, 1.165) is 18.4 Å². The number of ether oxygens (including phenoxy) is 1. The van der Waals surface area contributed by atoms with E-state index >= 15 is 0 Å². The average molecular weight is 263 g/mol. The normalized spacial score (nSPS) is 37.8. The second-order valence-corrected chi connectivity index (χ2v) is 6.32. The quantitative estimate of drug-likeness (QED) is 0.772. The van der Waals surface area contributed by atoms with Crippen LogP contribution >= 0.6 is 0 Å². The van der Waals surface area contributed by atoms with Crippen LogP contribution in [0, 0.1) is 17.7 Å². The molecule has 2 aliphatic rings. The van der Waals surface area contributed by atoms with Crippen LogP contribution < -0.4 is 10.5 Å². The molecule has 1 aromatic rings. The van der Waals surface area contributed by atoms with Gasteiger partial charge in [-0.25, -0.2) is 4.39 Å². The molecule has 0 amide bonds. The first-order chi connectivity index (χ1) is 9.02. The number of hydrogen-bond donors (Lipinski definition) is 1. The summed E-state index contributed by atoms with van der Waals surface area (Å²) in [6.45, 7) is 4.53. The molecule has 3 unspecified atom stereocenters. The van der Waals surface area contributed by atoms with Crippen LogP contribution in [0.2, 0.25) is 0 Å². The van der Waals surface area contributed by atoms with Crippen LogP contribution in [0.3, 0.4) is 0 Å². The van der Waals surface area contributed by atoms with Crippen molar-refractivity contribution in [1.82, 2.24) is 0 Å². The molecule has 104 valence electrons. The highest BCUT2D eigenvalue weighted by molar-refractivity contribution is 5.39. The molecule has 2 nitrogen and oxygen atoms in total. The third-order valence-electron chi connectivity index (χ3n) is 5.20. The number of rotatable bonds is 0. The van der Waals surface area contributed by atoms with E-state index in [1.807, 2.05) is 0 Å². The van der Waals surface area contributed by atoms with Gasteiger partial charge in [-0.1, -0.05) is 26.3 Å². The smallest absolute Gasteiger partial charge is 0.127 e. The lowest BCUT2D eigenvalue weighted by Crippen LogP contribution is -2.52. The molecule has 1 heterocycles. The Kier molecular flexibility index (Phi) is 3.05. The first-order valence-corrected chi connectivity index (χ1v) is 7.26. The summed E-state index contributed by atoms with van der Waals surface area (Å²) in [5.74, 6) is 1.50. The van der Waals surface area contributed by atoms with Gasteiger partial charge in [0.15, 0.2) is 0 Å². The zero-order valence-corrected chi connectivity index (χ0v) is 11.7. The van der Waals surface area contributed by atoms with Crippen molar-refractivity contribution in [1.29, 1.82) is 0 Å². The zero-order chi connectivity index (χ0) is 13.6. The number of halogens is 1. The van der Waals surface area contributed by atoms with Crippen molar-refractivity contribution in [3.8, 4) is 5.75 Å². The molecule has 3 heteroatoms. The molecule has 1 saturated carbocycles. The van der Waals surface area contributed by atoms with Gasteiger partial charge in [0.05, 0.1) is 0 Å². The Morgan fingerprint density at radius 3 is 2.95 bits per heavy atom. The lowest BCUT2D eigenvalue weighted by atomic mass is 9.66. The Balaban J connectivity index is 1.99. The van der Waals surface area contributed by atoms with E-state index in [-0.39, 0.29) is 17.5 Å². The van der Waals surface area contributed by atoms with Gasteiger partial charge < -0.3 is 10.5 Å². The molecule has 2 N–H and O–H groups in total. The topological polar surface area (TPSA) is 35.2 Å². The van der Waals surface area contributed by atoms with Gasteiger partial charge in [-0.3, -0.25) is 0 Å². The molecular weight excluding hydrogens is 241 g/mol. The van der Waals surface area contributed by atoms with Crippen LogP contribution in [0.4, 0.5) is 4.39 Å². The largest absolute Gasteiger partial charge is 0.486 e.